The zero-order valence-corrected chi connectivity index (χ0v) is 12.7. The number of rotatable bonds is 4. The van der Waals surface area contributed by atoms with E-state index in [0.717, 1.165) is 5.56 Å². The fraction of sp³-hybridized carbons (Fsp3) is 0.125. The van der Waals surface area contributed by atoms with Gasteiger partial charge >= 0.3 is 0 Å². The third kappa shape index (κ3) is 3.70. The Morgan fingerprint density at radius 2 is 1.83 bits per heavy atom. The molecule has 0 bridgehead atoms. The first-order valence-corrected chi connectivity index (χ1v) is 7.00. The van der Waals surface area contributed by atoms with Crippen LogP contribution in [0.15, 0.2) is 47.2 Å². The Kier molecular flexibility index (Phi) is 4.01. The van der Waals surface area contributed by atoms with Crippen LogP contribution in [0.2, 0.25) is 0 Å². The average Bonchev–Trinajstić information content (AvgIpc) is 2.95. The molecule has 0 aliphatic rings. The largest absolute Gasteiger partial charge is 0.360 e. The summed E-state index contributed by atoms with van der Waals surface area (Å²) in [6.07, 6.45) is 2.87. The predicted molar refractivity (Wildman–Crippen MR) is 85.7 cm³/mol. The van der Waals surface area contributed by atoms with Crippen LogP contribution in [0.3, 0.4) is 0 Å². The summed E-state index contributed by atoms with van der Waals surface area (Å²) in [5, 5.41) is 9.50. The Morgan fingerprint density at radius 1 is 1.04 bits per heavy atom. The lowest BCUT2D eigenvalue weighted by Gasteiger charge is -2.05. The summed E-state index contributed by atoms with van der Waals surface area (Å²) < 4.78 is 4.95. The molecule has 2 aromatic heterocycles. The van der Waals surface area contributed by atoms with Crippen molar-refractivity contribution < 1.29 is 9.32 Å². The molecule has 0 aliphatic heterocycles. The Labute approximate surface area is 132 Å². The zero-order chi connectivity index (χ0) is 16.2. The summed E-state index contributed by atoms with van der Waals surface area (Å²) in [4.78, 5) is 20.4. The maximum Gasteiger partial charge on any atom is 0.275 e. The van der Waals surface area contributed by atoms with Gasteiger partial charge in [-0.2, -0.15) is 0 Å². The molecule has 2 N–H and O–H groups in total. The van der Waals surface area contributed by atoms with Crippen LogP contribution >= 0.6 is 0 Å². The van der Waals surface area contributed by atoms with Gasteiger partial charge in [0.05, 0.1) is 12.4 Å². The summed E-state index contributed by atoms with van der Waals surface area (Å²) in [5.41, 5.74) is 2.07. The van der Waals surface area contributed by atoms with Gasteiger partial charge in [-0.15, -0.1) is 0 Å². The first kappa shape index (κ1) is 14.7. The number of hydrogen-bond donors (Lipinski definition) is 2. The average molecular weight is 309 g/mol. The van der Waals surface area contributed by atoms with Crippen LogP contribution in [0.25, 0.3) is 0 Å². The second kappa shape index (κ2) is 6.27. The highest BCUT2D eigenvalue weighted by Gasteiger charge is 2.09. The first-order chi connectivity index (χ1) is 11.1. The van der Waals surface area contributed by atoms with E-state index in [2.05, 4.69) is 25.8 Å². The number of carbonyl (C=O) groups is 1. The van der Waals surface area contributed by atoms with Crippen LogP contribution in [-0.2, 0) is 0 Å². The highest BCUT2D eigenvalue weighted by Crippen LogP contribution is 2.14. The van der Waals surface area contributed by atoms with Gasteiger partial charge in [-0.3, -0.25) is 4.79 Å². The lowest BCUT2D eigenvalue weighted by molar-refractivity contribution is 0.102. The number of aromatic nitrogens is 3. The Morgan fingerprint density at radius 3 is 2.43 bits per heavy atom. The van der Waals surface area contributed by atoms with E-state index < -0.39 is 0 Å². The van der Waals surface area contributed by atoms with Crippen LogP contribution in [0.5, 0.6) is 0 Å². The number of carbonyl (C=O) groups excluding carboxylic acids is 1. The van der Waals surface area contributed by atoms with Crippen molar-refractivity contribution in [1.29, 1.82) is 0 Å². The zero-order valence-electron chi connectivity index (χ0n) is 12.7. The molecule has 3 aromatic rings. The molecule has 0 unspecified atom stereocenters. The van der Waals surface area contributed by atoms with Crippen molar-refractivity contribution in [3.63, 3.8) is 0 Å². The number of hydrogen-bond acceptors (Lipinski definition) is 6. The van der Waals surface area contributed by atoms with Gasteiger partial charge in [0, 0.05) is 11.8 Å². The number of anilines is 3. The minimum atomic E-state index is -0.315. The normalized spacial score (nSPS) is 10.3. The molecule has 1 amide bonds. The van der Waals surface area contributed by atoms with Gasteiger partial charge in [0.25, 0.3) is 5.91 Å². The quantitative estimate of drug-likeness (QED) is 0.769. The second-order valence-corrected chi connectivity index (χ2v) is 5.05. The van der Waals surface area contributed by atoms with Crippen molar-refractivity contribution in [3.8, 4) is 0 Å². The van der Waals surface area contributed by atoms with Crippen molar-refractivity contribution >= 4 is 23.2 Å². The SMILES string of the molecule is Cc1ccc(NC(=O)c2cnc(Nc3cc(C)on3)cn2)cc1. The molecule has 0 atom stereocenters. The van der Waals surface area contributed by atoms with Crippen LogP contribution < -0.4 is 10.6 Å². The van der Waals surface area contributed by atoms with Crippen LogP contribution in [-0.4, -0.2) is 21.0 Å². The molecule has 0 saturated heterocycles. The molecular weight excluding hydrogens is 294 g/mol. The molecular formula is C16H15N5O2. The summed E-state index contributed by atoms with van der Waals surface area (Å²) >= 11 is 0. The van der Waals surface area contributed by atoms with Gasteiger partial charge in [-0.25, -0.2) is 9.97 Å². The van der Waals surface area contributed by atoms with Crippen molar-refractivity contribution in [2.45, 2.75) is 13.8 Å². The van der Waals surface area contributed by atoms with E-state index in [0.29, 0.717) is 23.1 Å². The van der Waals surface area contributed by atoms with Gasteiger partial charge in [0.15, 0.2) is 5.82 Å². The van der Waals surface area contributed by atoms with Crippen molar-refractivity contribution in [2.24, 2.45) is 0 Å². The Hall–Kier alpha value is -3.22. The van der Waals surface area contributed by atoms with E-state index in [1.165, 1.54) is 12.4 Å². The minimum Gasteiger partial charge on any atom is -0.360 e. The second-order valence-electron chi connectivity index (χ2n) is 5.05. The van der Waals surface area contributed by atoms with Gasteiger partial charge in [-0.1, -0.05) is 22.9 Å². The van der Waals surface area contributed by atoms with Crippen molar-refractivity contribution in [2.75, 3.05) is 10.6 Å². The maximum absolute atomic E-state index is 12.1. The lowest BCUT2D eigenvalue weighted by atomic mass is 10.2. The molecule has 3 rings (SSSR count). The predicted octanol–water partition coefficient (Wildman–Crippen LogP) is 3.08. The fourth-order valence-corrected chi connectivity index (χ4v) is 1.90. The molecule has 0 aliphatic carbocycles. The molecule has 0 saturated carbocycles. The molecule has 0 spiro atoms. The summed E-state index contributed by atoms with van der Waals surface area (Å²) in [7, 11) is 0. The van der Waals surface area contributed by atoms with Crippen molar-refractivity contribution in [3.05, 3.63) is 59.7 Å². The number of amides is 1. The minimum absolute atomic E-state index is 0.229. The molecule has 0 radical (unpaired) electrons. The molecule has 1 aromatic carbocycles. The third-order valence-corrected chi connectivity index (χ3v) is 3.08. The topological polar surface area (TPSA) is 92.9 Å². The molecule has 0 fully saturated rings. The Balaban J connectivity index is 1.66. The molecule has 2 heterocycles. The maximum atomic E-state index is 12.1. The van der Waals surface area contributed by atoms with E-state index in [4.69, 9.17) is 4.52 Å². The van der Waals surface area contributed by atoms with Gasteiger partial charge in [0.2, 0.25) is 0 Å². The van der Waals surface area contributed by atoms with E-state index in [9.17, 15) is 4.79 Å². The number of benzene rings is 1. The van der Waals surface area contributed by atoms with E-state index in [1.54, 1.807) is 13.0 Å². The number of nitrogens with zero attached hydrogens (tertiary/aromatic N) is 3. The van der Waals surface area contributed by atoms with Crippen LogP contribution in [0.1, 0.15) is 21.8 Å². The summed E-state index contributed by atoms with van der Waals surface area (Å²) in [6, 6.07) is 9.26. The Bertz CT molecular complexity index is 809. The lowest BCUT2D eigenvalue weighted by Crippen LogP contribution is -2.14. The molecule has 7 nitrogen and oxygen atoms in total. The van der Waals surface area contributed by atoms with Gasteiger partial charge < -0.3 is 15.2 Å². The molecule has 7 heteroatoms. The monoisotopic (exact) mass is 309 g/mol. The highest BCUT2D eigenvalue weighted by molar-refractivity contribution is 6.02. The van der Waals surface area contributed by atoms with Crippen LogP contribution in [0.4, 0.5) is 17.3 Å². The van der Waals surface area contributed by atoms with E-state index >= 15 is 0 Å². The molecule has 116 valence electrons. The number of nitrogens with one attached hydrogen (secondary N) is 2. The number of aryl methyl sites for hydroxylation is 2. The van der Waals surface area contributed by atoms with E-state index in [1.807, 2.05) is 31.2 Å². The van der Waals surface area contributed by atoms with Crippen molar-refractivity contribution in [1.82, 2.24) is 15.1 Å². The third-order valence-electron chi connectivity index (χ3n) is 3.08. The van der Waals surface area contributed by atoms with Gasteiger partial charge in [0.1, 0.15) is 17.3 Å². The fourth-order valence-electron chi connectivity index (χ4n) is 1.90. The highest BCUT2D eigenvalue weighted by atomic mass is 16.5. The van der Waals surface area contributed by atoms with Crippen LogP contribution in [0, 0.1) is 13.8 Å². The van der Waals surface area contributed by atoms with E-state index in [-0.39, 0.29) is 11.6 Å². The standard InChI is InChI=1S/C16H15N5O2/c1-10-3-5-12(6-4-10)19-16(22)13-8-18-15(9-17-13)20-14-7-11(2)23-21-14/h3-9H,1-2H3,(H,19,22)(H,18,20,21). The molecule has 23 heavy (non-hydrogen) atoms. The first-order valence-electron chi connectivity index (χ1n) is 7.00. The summed E-state index contributed by atoms with van der Waals surface area (Å²) in [6.45, 7) is 3.78. The smallest absolute Gasteiger partial charge is 0.275 e. The summed E-state index contributed by atoms with van der Waals surface area (Å²) in [5.74, 6) is 1.39. The van der Waals surface area contributed by atoms with Gasteiger partial charge in [-0.05, 0) is 26.0 Å².